The molecule has 76 valence electrons. The lowest BCUT2D eigenvalue weighted by Crippen LogP contribution is -2.19. The smallest absolute Gasteiger partial charge is 0.372 e. The lowest BCUT2D eigenvalue weighted by Gasteiger charge is -2.23. The van der Waals surface area contributed by atoms with Crippen molar-refractivity contribution < 1.29 is 9.90 Å². The molecule has 0 aromatic carbocycles. The van der Waals surface area contributed by atoms with Crippen LogP contribution in [-0.2, 0) is 6.42 Å². The molecule has 1 aliphatic rings. The molecule has 0 amide bonds. The van der Waals surface area contributed by atoms with E-state index in [2.05, 4.69) is 11.9 Å². The predicted molar refractivity (Wildman–Crippen MR) is 51.6 cm³/mol. The van der Waals surface area contributed by atoms with Crippen LogP contribution in [0.15, 0.2) is 0 Å². The molecule has 0 fully saturated rings. The van der Waals surface area contributed by atoms with Crippen molar-refractivity contribution in [3.8, 4) is 0 Å². The Labute approximate surface area is 82.6 Å². The number of hydrogen-bond donors (Lipinski definition) is 1. The van der Waals surface area contributed by atoms with Crippen molar-refractivity contribution in [2.45, 2.75) is 39.2 Å². The van der Waals surface area contributed by atoms with Crippen LogP contribution in [0.1, 0.15) is 47.8 Å². The Hall–Kier alpha value is -1.32. The zero-order valence-corrected chi connectivity index (χ0v) is 8.45. The van der Waals surface area contributed by atoms with E-state index in [0.29, 0.717) is 0 Å². The van der Waals surface area contributed by atoms with Crippen LogP contribution in [0.3, 0.4) is 0 Å². The third-order valence-corrected chi connectivity index (χ3v) is 2.88. The molecule has 14 heavy (non-hydrogen) atoms. The minimum Gasteiger partial charge on any atom is -0.475 e. The van der Waals surface area contributed by atoms with Gasteiger partial charge in [-0.1, -0.05) is 0 Å². The second kappa shape index (κ2) is 3.12. The van der Waals surface area contributed by atoms with Gasteiger partial charge in [0.1, 0.15) is 0 Å². The summed E-state index contributed by atoms with van der Waals surface area (Å²) < 4.78 is 1.88. The number of hydrogen-bond acceptors (Lipinski definition) is 2. The highest BCUT2D eigenvalue weighted by Gasteiger charge is 2.25. The molecule has 1 unspecified atom stereocenters. The molecule has 0 spiro atoms. The molecule has 0 aliphatic carbocycles. The maximum Gasteiger partial charge on any atom is 0.372 e. The van der Waals surface area contributed by atoms with E-state index in [1.165, 1.54) is 0 Å². The summed E-state index contributed by atoms with van der Waals surface area (Å²) in [5.41, 5.74) is 1.97. The molecule has 0 bridgehead atoms. The van der Waals surface area contributed by atoms with E-state index in [9.17, 15) is 4.79 Å². The molecule has 4 nitrogen and oxygen atoms in total. The van der Waals surface area contributed by atoms with Crippen LogP contribution < -0.4 is 0 Å². The van der Waals surface area contributed by atoms with E-state index >= 15 is 0 Å². The zero-order chi connectivity index (χ0) is 10.3. The van der Waals surface area contributed by atoms with Gasteiger partial charge in [0, 0.05) is 11.7 Å². The van der Waals surface area contributed by atoms with Gasteiger partial charge in [0.2, 0.25) is 5.82 Å². The molecule has 1 aliphatic heterocycles. The minimum atomic E-state index is -0.923. The number of nitrogens with zero attached hydrogens (tertiary/aromatic N) is 2. The van der Waals surface area contributed by atoms with Crippen molar-refractivity contribution in [1.82, 2.24) is 9.55 Å². The molecule has 1 aromatic heterocycles. The van der Waals surface area contributed by atoms with Gasteiger partial charge < -0.3 is 9.67 Å². The van der Waals surface area contributed by atoms with Crippen LogP contribution in [0.25, 0.3) is 0 Å². The summed E-state index contributed by atoms with van der Waals surface area (Å²) in [4.78, 5) is 15.1. The lowest BCUT2D eigenvalue weighted by molar-refractivity contribution is 0.0674. The van der Waals surface area contributed by atoms with Crippen molar-refractivity contribution in [2.24, 2.45) is 0 Å². The highest BCUT2D eigenvalue weighted by atomic mass is 16.4. The molecule has 1 atom stereocenters. The number of carboxylic acid groups (broad SMARTS) is 1. The Morgan fingerprint density at radius 1 is 1.64 bits per heavy atom. The van der Waals surface area contributed by atoms with E-state index < -0.39 is 5.97 Å². The molecular weight excluding hydrogens is 180 g/mol. The van der Waals surface area contributed by atoms with Gasteiger partial charge in [0.25, 0.3) is 0 Å². The fourth-order valence-electron chi connectivity index (χ4n) is 2.20. The summed E-state index contributed by atoms with van der Waals surface area (Å²) in [7, 11) is 0. The molecule has 2 rings (SSSR count). The van der Waals surface area contributed by atoms with Gasteiger partial charge in [0.05, 0.1) is 5.69 Å². The topological polar surface area (TPSA) is 55.1 Å². The summed E-state index contributed by atoms with van der Waals surface area (Å²) in [6.45, 7) is 3.94. The van der Waals surface area contributed by atoms with Gasteiger partial charge in [-0.2, -0.15) is 0 Å². The van der Waals surface area contributed by atoms with Crippen molar-refractivity contribution in [3.63, 3.8) is 0 Å². The quantitative estimate of drug-likeness (QED) is 0.741. The van der Waals surface area contributed by atoms with Crippen molar-refractivity contribution in [3.05, 3.63) is 17.2 Å². The molecule has 1 aromatic rings. The first-order chi connectivity index (χ1) is 6.61. The number of carboxylic acids is 1. The summed E-state index contributed by atoms with van der Waals surface area (Å²) >= 11 is 0. The number of aromatic carboxylic acids is 1. The largest absolute Gasteiger partial charge is 0.475 e. The maximum absolute atomic E-state index is 10.9. The molecule has 0 saturated heterocycles. The van der Waals surface area contributed by atoms with Crippen LogP contribution in [-0.4, -0.2) is 20.6 Å². The Morgan fingerprint density at radius 3 is 3.00 bits per heavy atom. The fraction of sp³-hybridized carbons (Fsp3) is 0.600. The first-order valence-electron chi connectivity index (χ1n) is 4.92. The standard InChI is InChI=1S/C10H14N2O2/c1-6-4-3-5-8-7(2)11-9(10(13)14)12(6)8/h6H,3-5H2,1-2H3,(H,13,14). The molecule has 0 saturated carbocycles. The number of aryl methyl sites for hydroxylation is 1. The van der Waals surface area contributed by atoms with E-state index in [4.69, 9.17) is 5.11 Å². The average molecular weight is 194 g/mol. The van der Waals surface area contributed by atoms with Crippen molar-refractivity contribution in [2.75, 3.05) is 0 Å². The zero-order valence-electron chi connectivity index (χ0n) is 8.45. The van der Waals surface area contributed by atoms with Gasteiger partial charge in [-0.15, -0.1) is 0 Å². The second-order valence-electron chi connectivity index (χ2n) is 3.88. The molecule has 0 radical (unpaired) electrons. The molecule has 4 heteroatoms. The Kier molecular flexibility index (Phi) is 2.06. The Balaban J connectivity index is 2.59. The summed E-state index contributed by atoms with van der Waals surface area (Å²) in [5, 5.41) is 8.99. The SMILES string of the molecule is Cc1nc(C(=O)O)n2c1CCCC2C. The van der Waals surface area contributed by atoms with Gasteiger partial charge >= 0.3 is 5.97 Å². The van der Waals surface area contributed by atoms with Crippen LogP contribution in [0.5, 0.6) is 0 Å². The number of rotatable bonds is 1. The highest BCUT2D eigenvalue weighted by molar-refractivity contribution is 5.84. The summed E-state index contributed by atoms with van der Waals surface area (Å²) in [6, 6.07) is 0.269. The van der Waals surface area contributed by atoms with E-state index in [1.54, 1.807) is 0 Å². The third-order valence-electron chi connectivity index (χ3n) is 2.88. The summed E-state index contributed by atoms with van der Waals surface area (Å²) in [6.07, 6.45) is 3.13. The van der Waals surface area contributed by atoms with Crippen molar-refractivity contribution >= 4 is 5.97 Å². The first-order valence-corrected chi connectivity index (χ1v) is 4.92. The van der Waals surface area contributed by atoms with Crippen molar-refractivity contribution in [1.29, 1.82) is 0 Å². The monoisotopic (exact) mass is 194 g/mol. The van der Waals surface area contributed by atoms with Crippen LogP contribution in [0, 0.1) is 6.92 Å². The van der Waals surface area contributed by atoms with Gasteiger partial charge in [-0.25, -0.2) is 9.78 Å². The normalized spacial score (nSPS) is 20.6. The molecular formula is C10H14N2O2. The Morgan fingerprint density at radius 2 is 2.36 bits per heavy atom. The number of fused-ring (bicyclic) bond motifs is 1. The lowest BCUT2D eigenvalue weighted by atomic mass is 10.0. The molecule has 1 N–H and O–H groups in total. The first kappa shape index (κ1) is 9.24. The average Bonchev–Trinajstić information content (AvgIpc) is 2.46. The third kappa shape index (κ3) is 1.22. The number of imidazole rings is 1. The minimum absolute atomic E-state index is 0.199. The number of carbonyl (C=O) groups is 1. The fourth-order valence-corrected chi connectivity index (χ4v) is 2.20. The van der Waals surface area contributed by atoms with Crippen LogP contribution in [0.4, 0.5) is 0 Å². The summed E-state index contributed by atoms with van der Waals surface area (Å²) in [5.74, 6) is -0.724. The van der Waals surface area contributed by atoms with E-state index in [-0.39, 0.29) is 11.9 Å². The van der Waals surface area contributed by atoms with Crippen LogP contribution in [0.2, 0.25) is 0 Å². The van der Waals surface area contributed by atoms with E-state index in [1.807, 2.05) is 11.5 Å². The number of aromatic nitrogens is 2. The highest BCUT2D eigenvalue weighted by Crippen LogP contribution is 2.28. The molecule has 2 heterocycles. The maximum atomic E-state index is 10.9. The van der Waals surface area contributed by atoms with Gasteiger partial charge in [-0.05, 0) is 33.1 Å². The van der Waals surface area contributed by atoms with Gasteiger partial charge in [-0.3, -0.25) is 0 Å². The second-order valence-corrected chi connectivity index (χ2v) is 3.88. The van der Waals surface area contributed by atoms with Gasteiger partial charge in [0.15, 0.2) is 0 Å². The predicted octanol–water partition coefficient (Wildman–Crippen LogP) is 1.79. The Bertz CT molecular complexity index is 382. The van der Waals surface area contributed by atoms with E-state index in [0.717, 1.165) is 30.7 Å². The van der Waals surface area contributed by atoms with Crippen LogP contribution >= 0.6 is 0 Å².